The topological polar surface area (TPSA) is 64.8 Å². The van der Waals surface area contributed by atoms with Crippen LogP contribution in [0.25, 0.3) is 3.59 Å². The quantitative estimate of drug-likeness (QED) is 0.104. The molecule has 1 amide bonds. The molecule has 5 aliphatic rings. The number of nitrogens with zero attached hydrogens (tertiary/aromatic N) is 3. The van der Waals surface area contributed by atoms with Gasteiger partial charge >= 0.3 is 269 Å². The predicted molar refractivity (Wildman–Crippen MR) is 176 cm³/mol. The van der Waals surface area contributed by atoms with Crippen LogP contribution in [0.3, 0.4) is 0 Å². The number of fused-ring (bicyclic) bond motifs is 3. The Balaban J connectivity index is 1.12. The van der Waals surface area contributed by atoms with E-state index in [0.29, 0.717) is 36.8 Å². The Morgan fingerprint density at radius 2 is 2.00 bits per heavy atom. The second-order valence-corrected chi connectivity index (χ2v) is 17.0. The van der Waals surface area contributed by atoms with Crippen molar-refractivity contribution in [2.45, 2.75) is 102 Å². The van der Waals surface area contributed by atoms with Crippen molar-refractivity contribution in [3.8, 4) is 0 Å². The van der Waals surface area contributed by atoms with E-state index in [9.17, 15) is 9.59 Å². The van der Waals surface area contributed by atoms with Gasteiger partial charge in [-0.1, -0.05) is 0 Å². The first-order valence-corrected chi connectivity index (χ1v) is 19.5. The molecule has 6 nitrogen and oxygen atoms in total. The number of amides is 1. The number of benzene rings is 1. The molecular weight excluding hydrogens is 639 g/mol. The molecule has 43 heavy (non-hydrogen) atoms. The van der Waals surface area contributed by atoms with Crippen molar-refractivity contribution >= 4 is 40.1 Å². The van der Waals surface area contributed by atoms with Crippen molar-refractivity contribution in [2.75, 3.05) is 19.6 Å². The second-order valence-electron chi connectivity index (χ2n) is 13.3. The molecule has 6 rings (SSSR count). The molecule has 1 spiro atoms. The first-order chi connectivity index (χ1) is 20.9. The van der Waals surface area contributed by atoms with Crippen molar-refractivity contribution in [3.05, 3.63) is 66.4 Å². The van der Waals surface area contributed by atoms with Gasteiger partial charge in [-0.05, 0) is 0 Å². The van der Waals surface area contributed by atoms with Gasteiger partial charge in [-0.25, -0.2) is 0 Å². The molecule has 1 saturated carbocycles. The summed E-state index contributed by atoms with van der Waals surface area (Å²) in [6, 6.07) is 8.30. The van der Waals surface area contributed by atoms with Gasteiger partial charge < -0.3 is 0 Å². The number of aliphatic imine (C=N–C) groups is 1. The third kappa shape index (κ3) is 6.13. The van der Waals surface area contributed by atoms with Crippen LogP contribution in [0.4, 0.5) is 0 Å². The van der Waals surface area contributed by atoms with Gasteiger partial charge in [-0.3, -0.25) is 0 Å². The molecule has 3 fully saturated rings. The van der Waals surface area contributed by atoms with Crippen molar-refractivity contribution in [1.82, 2.24) is 15.1 Å². The van der Waals surface area contributed by atoms with Gasteiger partial charge in [0, 0.05) is 0 Å². The van der Waals surface area contributed by atoms with Crippen molar-refractivity contribution in [2.24, 2.45) is 16.3 Å². The van der Waals surface area contributed by atoms with Crippen molar-refractivity contribution < 1.29 is 9.59 Å². The summed E-state index contributed by atoms with van der Waals surface area (Å²) in [5, 5.41) is 3.53. The fraction of sp³-hybridized carbons (Fsp3) is 0.583. The summed E-state index contributed by atoms with van der Waals surface area (Å²) in [7, 11) is 0. The van der Waals surface area contributed by atoms with E-state index in [2.05, 4.69) is 65.7 Å². The molecule has 2 radical (unpaired) electrons. The van der Waals surface area contributed by atoms with E-state index in [1.807, 2.05) is 13.0 Å². The average Bonchev–Trinajstić information content (AvgIpc) is 3.80. The number of carbonyl (C=O) groups excluding carboxylic acids is 2. The number of carbonyl (C=O) groups is 2. The Bertz CT molecular complexity index is 1330. The van der Waals surface area contributed by atoms with Crippen LogP contribution in [0.15, 0.2) is 54.7 Å². The summed E-state index contributed by atoms with van der Waals surface area (Å²) in [4.78, 5) is 35.6. The summed E-state index contributed by atoms with van der Waals surface area (Å²) in [5.41, 5.74) is 4.60. The second kappa shape index (κ2) is 13.1. The Hall–Kier alpha value is -2.03. The summed E-state index contributed by atoms with van der Waals surface area (Å²) >= 11 is -1.16. The predicted octanol–water partition coefficient (Wildman–Crippen LogP) is 6.18. The molecule has 4 aliphatic heterocycles. The van der Waals surface area contributed by atoms with Crippen molar-refractivity contribution in [3.63, 3.8) is 0 Å². The third-order valence-corrected chi connectivity index (χ3v) is 14.8. The van der Waals surface area contributed by atoms with Gasteiger partial charge in [-0.2, -0.15) is 0 Å². The Kier molecular flexibility index (Phi) is 9.46. The molecule has 1 aromatic rings. The summed E-state index contributed by atoms with van der Waals surface area (Å²) in [6.45, 7) is 15.3. The molecule has 0 aromatic heterocycles. The first kappa shape index (κ1) is 31.0. The monoisotopic (exact) mass is 688 g/mol. The van der Waals surface area contributed by atoms with E-state index in [1.54, 1.807) is 0 Å². The van der Waals surface area contributed by atoms with Crippen molar-refractivity contribution in [1.29, 1.82) is 0 Å². The molecule has 1 aliphatic carbocycles. The molecule has 2 saturated heterocycles. The molecular formula is C36H48N4O2Sn. The van der Waals surface area contributed by atoms with E-state index >= 15 is 0 Å². The van der Waals surface area contributed by atoms with Gasteiger partial charge in [-0.15, -0.1) is 0 Å². The Labute approximate surface area is 268 Å². The third-order valence-electron chi connectivity index (χ3n) is 10.8. The normalized spacial score (nSPS) is 28.8. The standard InChI is InChI=1S/C36H48N4O2.Sn/c1-5-21-39-22-18-36(19-23-39)24-30(36)35(42)38-27(14-10-9-11-15-28(41)6-2)25-37-20-17-26-13-12-16-29-33(26)31(7-3)40-32(8-4)34(29)40;/h5,8,12-13,16,20,27,30-32,34H,1,4,6-7,9-11,14-15,18-19,21-24H2,2-3H3,(H,38,42);/t27-,30+,31?,32?,34?,40?;/m0./s1. The fourth-order valence-electron chi connectivity index (χ4n) is 8.13. The Morgan fingerprint density at radius 3 is 2.72 bits per heavy atom. The zero-order valence-electron chi connectivity index (χ0n) is 26.1. The molecule has 228 valence electrons. The summed E-state index contributed by atoms with van der Waals surface area (Å²) in [6.07, 6.45) is 15.8. The number of unbranched alkanes of at least 4 members (excludes halogenated alkanes) is 2. The maximum absolute atomic E-state index is 13.7. The summed E-state index contributed by atoms with van der Waals surface area (Å²) in [5.74, 6) is 0.735. The minimum atomic E-state index is -1.16. The average molecular weight is 688 g/mol. The number of nitrogens with one attached hydrogen (secondary N) is 1. The SMILES string of the molecule is C=CCN1CCC2(CC1)C[C@@H]2C(=O)N[C@@H](CCCCCC(=O)CC)[C]1=NC=[C](c2cccc3c2C(CC)N2C(C=C)C32)[Sn]1. The molecule has 6 atom stereocenters. The molecule has 4 heterocycles. The van der Waals surface area contributed by atoms with Crippen LogP contribution in [-0.2, 0) is 9.59 Å². The number of hydrogen-bond acceptors (Lipinski definition) is 5. The molecule has 7 heteroatoms. The number of Topliss-reactive ketones (excluding diaryl/α,β-unsaturated/α-hetero) is 1. The number of likely N-dealkylation sites (tertiary alicyclic amines) is 1. The summed E-state index contributed by atoms with van der Waals surface area (Å²) < 4.78 is 2.70. The number of ketones is 1. The van der Waals surface area contributed by atoms with E-state index in [1.165, 1.54) is 24.0 Å². The van der Waals surface area contributed by atoms with Crippen LogP contribution in [-0.4, -0.2) is 78.1 Å². The molecule has 4 unspecified atom stereocenters. The van der Waals surface area contributed by atoms with Gasteiger partial charge in [0.25, 0.3) is 0 Å². The fourth-order valence-corrected chi connectivity index (χ4v) is 11.8. The van der Waals surface area contributed by atoms with Gasteiger partial charge in [0.1, 0.15) is 0 Å². The van der Waals surface area contributed by atoms with Crippen LogP contribution >= 0.6 is 0 Å². The van der Waals surface area contributed by atoms with Crippen LogP contribution in [0, 0.1) is 11.3 Å². The van der Waals surface area contributed by atoms with E-state index in [-0.39, 0.29) is 23.3 Å². The number of hydrogen-bond donors (Lipinski definition) is 1. The Morgan fingerprint density at radius 1 is 1.19 bits per heavy atom. The minimum absolute atomic E-state index is 0.0225. The zero-order chi connectivity index (χ0) is 30.1. The molecule has 1 N–H and O–H groups in total. The van der Waals surface area contributed by atoms with Crippen LogP contribution in [0.1, 0.15) is 107 Å². The van der Waals surface area contributed by atoms with Crippen LogP contribution < -0.4 is 5.32 Å². The van der Waals surface area contributed by atoms with Gasteiger partial charge in [0.15, 0.2) is 0 Å². The van der Waals surface area contributed by atoms with E-state index in [4.69, 9.17) is 4.99 Å². The molecule has 1 aromatic carbocycles. The zero-order valence-corrected chi connectivity index (χ0v) is 29.0. The van der Waals surface area contributed by atoms with E-state index < -0.39 is 21.1 Å². The number of rotatable bonds is 15. The van der Waals surface area contributed by atoms with Crippen LogP contribution in [0.2, 0.25) is 0 Å². The number of piperidine rings is 1. The molecule has 0 bridgehead atoms. The first-order valence-electron chi connectivity index (χ1n) is 16.7. The maximum atomic E-state index is 13.7. The van der Waals surface area contributed by atoms with Gasteiger partial charge in [0.05, 0.1) is 0 Å². The van der Waals surface area contributed by atoms with Crippen LogP contribution in [0.5, 0.6) is 0 Å². The van der Waals surface area contributed by atoms with E-state index in [0.717, 1.165) is 71.0 Å². The van der Waals surface area contributed by atoms with Gasteiger partial charge in [0.2, 0.25) is 0 Å².